The highest BCUT2D eigenvalue weighted by atomic mass is 19.4. The summed E-state index contributed by atoms with van der Waals surface area (Å²) in [6, 6.07) is 7.64. The van der Waals surface area contributed by atoms with Crippen LogP contribution in [0.25, 0.3) is 10.8 Å². The smallest absolute Gasteiger partial charge is 0.383 e. The number of rotatable bonds is 2. The fraction of sp³-hybridized carbons (Fsp3) is 0.438. The molecule has 0 saturated heterocycles. The molecule has 3 N–H and O–H groups in total. The number of hydrogen-bond donors (Lipinski definition) is 2. The fourth-order valence-corrected chi connectivity index (χ4v) is 3.14. The number of nitrogens with one attached hydrogen (secondary N) is 1. The van der Waals surface area contributed by atoms with Crippen LogP contribution in [0.4, 0.5) is 24.7 Å². The Morgan fingerprint density at radius 3 is 2.45 bits per heavy atom. The van der Waals surface area contributed by atoms with E-state index < -0.39 is 12.1 Å². The first-order valence-electron chi connectivity index (χ1n) is 7.41. The standard InChI is InChI=1S/C16H18F3N3/c17-16(18,19)10-4-6-11(7-5-10)22-14-3-1-2-13-12(14)8-9-21-15(13)20/h1-3,8-11,22H,4-7H2,(H2,20,21)/t10-,11-. The van der Waals surface area contributed by atoms with E-state index in [1.807, 2.05) is 24.3 Å². The zero-order chi connectivity index (χ0) is 15.7. The van der Waals surface area contributed by atoms with Gasteiger partial charge in [-0.1, -0.05) is 12.1 Å². The molecule has 0 bridgehead atoms. The Bertz CT molecular complexity index is 661. The van der Waals surface area contributed by atoms with Crippen molar-refractivity contribution in [3.63, 3.8) is 0 Å². The molecule has 1 aromatic heterocycles. The number of halogens is 3. The third-order valence-corrected chi connectivity index (χ3v) is 4.39. The summed E-state index contributed by atoms with van der Waals surface area (Å²) < 4.78 is 38.1. The van der Waals surface area contributed by atoms with Crippen molar-refractivity contribution in [3.8, 4) is 0 Å². The first-order chi connectivity index (χ1) is 10.4. The van der Waals surface area contributed by atoms with Crippen molar-refractivity contribution in [3.05, 3.63) is 30.5 Å². The van der Waals surface area contributed by atoms with Crippen LogP contribution in [0.2, 0.25) is 0 Å². The number of nitrogens with zero attached hydrogens (tertiary/aromatic N) is 1. The van der Waals surface area contributed by atoms with Crippen molar-refractivity contribution in [2.45, 2.75) is 37.9 Å². The van der Waals surface area contributed by atoms with E-state index in [2.05, 4.69) is 10.3 Å². The maximum atomic E-state index is 12.7. The van der Waals surface area contributed by atoms with E-state index in [4.69, 9.17) is 5.73 Å². The van der Waals surface area contributed by atoms with Gasteiger partial charge in [0.05, 0.1) is 5.92 Å². The SMILES string of the molecule is Nc1nccc2c(N[C@H]3CC[C@H](C(F)(F)F)CC3)cccc12. The summed E-state index contributed by atoms with van der Waals surface area (Å²) in [4.78, 5) is 4.06. The molecule has 3 nitrogen and oxygen atoms in total. The monoisotopic (exact) mass is 309 g/mol. The molecule has 0 amide bonds. The number of anilines is 2. The molecule has 1 aliphatic carbocycles. The third kappa shape index (κ3) is 2.96. The Morgan fingerprint density at radius 2 is 1.77 bits per heavy atom. The van der Waals surface area contributed by atoms with Gasteiger partial charge in [0.25, 0.3) is 0 Å². The van der Waals surface area contributed by atoms with E-state index in [-0.39, 0.29) is 18.9 Å². The Balaban J connectivity index is 1.74. The summed E-state index contributed by atoms with van der Waals surface area (Å²) in [5.74, 6) is -0.695. The quantitative estimate of drug-likeness (QED) is 0.867. The molecular weight excluding hydrogens is 291 g/mol. The van der Waals surface area contributed by atoms with Gasteiger partial charge in [0.1, 0.15) is 5.82 Å². The average Bonchev–Trinajstić information content (AvgIpc) is 2.48. The van der Waals surface area contributed by atoms with Crippen LogP contribution >= 0.6 is 0 Å². The minimum absolute atomic E-state index is 0.0681. The molecule has 1 aromatic carbocycles. The lowest BCUT2D eigenvalue weighted by atomic mass is 9.85. The molecule has 0 spiro atoms. The van der Waals surface area contributed by atoms with Crippen LogP contribution in [-0.2, 0) is 0 Å². The topological polar surface area (TPSA) is 50.9 Å². The predicted octanol–water partition coefficient (Wildman–Crippen LogP) is 4.35. The lowest BCUT2D eigenvalue weighted by molar-refractivity contribution is -0.182. The normalized spacial score (nSPS) is 22.7. The van der Waals surface area contributed by atoms with Gasteiger partial charge in [0.15, 0.2) is 0 Å². The van der Waals surface area contributed by atoms with Crippen LogP contribution in [0.3, 0.4) is 0 Å². The molecule has 118 valence electrons. The largest absolute Gasteiger partial charge is 0.391 e. The van der Waals surface area contributed by atoms with E-state index in [9.17, 15) is 13.2 Å². The molecule has 3 rings (SSSR count). The number of hydrogen-bond acceptors (Lipinski definition) is 3. The summed E-state index contributed by atoms with van der Waals surface area (Å²) >= 11 is 0. The maximum absolute atomic E-state index is 12.7. The third-order valence-electron chi connectivity index (χ3n) is 4.39. The van der Waals surface area contributed by atoms with Crippen molar-refractivity contribution in [1.82, 2.24) is 4.98 Å². The number of pyridine rings is 1. The number of benzene rings is 1. The second-order valence-electron chi connectivity index (χ2n) is 5.83. The van der Waals surface area contributed by atoms with Crippen LogP contribution in [0.1, 0.15) is 25.7 Å². The second-order valence-corrected chi connectivity index (χ2v) is 5.83. The number of aromatic nitrogens is 1. The zero-order valence-electron chi connectivity index (χ0n) is 12.0. The van der Waals surface area contributed by atoms with Crippen LogP contribution in [0.5, 0.6) is 0 Å². The average molecular weight is 309 g/mol. The van der Waals surface area contributed by atoms with E-state index in [1.54, 1.807) is 6.20 Å². The first kappa shape index (κ1) is 14.9. The summed E-state index contributed by atoms with van der Waals surface area (Å²) in [6.45, 7) is 0. The molecule has 1 heterocycles. The Labute approximate surface area is 126 Å². The predicted molar refractivity (Wildman–Crippen MR) is 81.6 cm³/mol. The summed E-state index contributed by atoms with van der Waals surface area (Å²) in [5, 5.41) is 5.18. The Kier molecular flexibility index (Phi) is 3.85. The minimum Gasteiger partial charge on any atom is -0.383 e. The lowest BCUT2D eigenvalue weighted by Gasteiger charge is -2.31. The molecule has 0 radical (unpaired) electrons. The molecule has 1 saturated carbocycles. The molecule has 2 aromatic rings. The molecule has 6 heteroatoms. The highest BCUT2D eigenvalue weighted by Crippen LogP contribution is 2.38. The molecule has 0 atom stereocenters. The van der Waals surface area contributed by atoms with Crippen LogP contribution in [-0.4, -0.2) is 17.2 Å². The molecule has 0 aliphatic heterocycles. The van der Waals surface area contributed by atoms with Crippen LogP contribution in [0, 0.1) is 5.92 Å². The van der Waals surface area contributed by atoms with Gasteiger partial charge in [-0.25, -0.2) is 4.98 Å². The second kappa shape index (κ2) is 5.66. The highest BCUT2D eigenvalue weighted by molar-refractivity contribution is 5.99. The number of alkyl halides is 3. The van der Waals surface area contributed by atoms with Gasteiger partial charge in [0.2, 0.25) is 0 Å². The van der Waals surface area contributed by atoms with E-state index >= 15 is 0 Å². The van der Waals surface area contributed by atoms with Crippen molar-refractivity contribution < 1.29 is 13.2 Å². The van der Waals surface area contributed by atoms with Crippen molar-refractivity contribution in [1.29, 1.82) is 0 Å². The van der Waals surface area contributed by atoms with Crippen LogP contribution in [0.15, 0.2) is 30.5 Å². The van der Waals surface area contributed by atoms with Gasteiger partial charge in [0, 0.05) is 28.7 Å². The van der Waals surface area contributed by atoms with Crippen LogP contribution < -0.4 is 11.1 Å². The van der Waals surface area contributed by atoms with E-state index in [0.29, 0.717) is 18.7 Å². The minimum atomic E-state index is -4.06. The van der Waals surface area contributed by atoms with E-state index in [1.165, 1.54) is 0 Å². The Morgan fingerprint density at radius 1 is 1.05 bits per heavy atom. The number of fused-ring (bicyclic) bond motifs is 1. The van der Waals surface area contributed by atoms with Crippen molar-refractivity contribution in [2.75, 3.05) is 11.1 Å². The van der Waals surface area contributed by atoms with E-state index in [0.717, 1.165) is 16.5 Å². The molecular formula is C16H18F3N3. The lowest BCUT2D eigenvalue weighted by Crippen LogP contribution is -2.32. The number of nitrogen functional groups attached to an aromatic ring is 1. The Hall–Kier alpha value is -1.98. The molecule has 22 heavy (non-hydrogen) atoms. The van der Waals surface area contributed by atoms with Gasteiger partial charge >= 0.3 is 6.18 Å². The molecule has 1 aliphatic rings. The first-order valence-corrected chi connectivity index (χ1v) is 7.41. The van der Waals surface area contributed by atoms with Gasteiger partial charge in [-0.3, -0.25) is 0 Å². The van der Waals surface area contributed by atoms with Gasteiger partial charge in [-0.15, -0.1) is 0 Å². The van der Waals surface area contributed by atoms with Crippen molar-refractivity contribution in [2.24, 2.45) is 5.92 Å². The number of nitrogens with two attached hydrogens (primary N) is 1. The van der Waals surface area contributed by atoms with Gasteiger partial charge < -0.3 is 11.1 Å². The van der Waals surface area contributed by atoms with Gasteiger partial charge in [-0.05, 0) is 37.8 Å². The summed E-state index contributed by atoms with van der Waals surface area (Å²) in [5.41, 5.74) is 6.77. The zero-order valence-corrected chi connectivity index (χ0v) is 12.0. The highest BCUT2D eigenvalue weighted by Gasteiger charge is 2.41. The van der Waals surface area contributed by atoms with Gasteiger partial charge in [-0.2, -0.15) is 13.2 Å². The maximum Gasteiger partial charge on any atom is 0.391 e. The molecule has 1 fully saturated rings. The fourth-order valence-electron chi connectivity index (χ4n) is 3.14. The van der Waals surface area contributed by atoms with Crippen molar-refractivity contribution >= 4 is 22.3 Å². The molecule has 0 unspecified atom stereocenters. The summed E-state index contributed by atoms with van der Waals surface area (Å²) in [6.07, 6.45) is -0.985. The summed E-state index contributed by atoms with van der Waals surface area (Å²) in [7, 11) is 0.